The Hall–Kier alpha value is -0.640. The largest absolute Gasteiger partial charge is 0.394 e. The van der Waals surface area contributed by atoms with Gasteiger partial charge in [0.25, 0.3) is 0 Å². The summed E-state index contributed by atoms with van der Waals surface area (Å²) in [6, 6.07) is 0. The Morgan fingerprint density at radius 1 is 0.455 bits per heavy atom. The van der Waals surface area contributed by atoms with Crippen LogP contribution in [0.3, 0.4) is 0 Å². The molecule has 0 amide bonds. The Morgan fingerprint density at radius 2 is 0.909 bits per heavy atom. The maximum Gasteiger partial charge on any atom is 0.187 e. The second-order valence-electron chi connectivity index (χ2n) is 13.4. The van der Waals surface area contributed by atoms with Crippen LogP contribution in [0.2, 0.25) is 0 Å². The van der Waals surface area contributed by atoms with Crippen LogP contribution in [0.4, 0.5) is 0 Å². The zero-order chi connectivity index (χ0) is 31.4. The summed E-state index contributed by atoms with van der Waals surface area (Å²) in [7, 11) is 0. The van der Waals surface area contributed by atoms with Gasteiger partial charge < -0.3 is 79.5 Å². The smallest absolute Gasteiger partial charge is 0.187 e. The van der Waals surface area contributed by atoms with Crippen molar-refractivity contribution in [3.8, 4) is 0 Å². The molecule has 44 heavy (non-hydrogen) atoms. The minimum atomic E-state index is -1.82. The van der Waals surface area contributed by atoms with Crippen LogP contribution >= 0.6 is 0 Å². The molecule has 254 valence electrons. The van der Waals surface area contributed by atoms with Crippen LogP contribution in [-0.2, 0) is 28.4 Å². The molecule has 4 bridgehead atoms. The van der Waals surface area contributed by atoms with Crippen LogP contribution in [0.25, 0.3) is 0 Å². The van der Waals surface area contributed by atoms with Crippen LogP contribution in [0.5, 0.6) is 0 Å². The summed E-state index contributed by atoms with van der Waals surface area (Å²) >= 11 is 0. The first-order valence-corrected chi connectivity index (χ1v) is 15.6. The van der Waals surface area contributed by atoms with Gasteiger partial charge in [0.15, 0.2) is 18.9 Å². The van der Waals surface area contributed by atoms with Crippen molar-refractivity contribution in [2.24, 2.45) is 23.7 Å². The normalized spacial score (nSPS) is 55.8. The van der Waals surface area contributed by atoms with Gasteiger partial charge in [-0.1, -0.05) is 0 Å². The molecule has 3 heterocycles. The van der Waals surface area contributed by atoms with Gasteiger partial charge in [0.1, 0.15) is 73.2 Å². The monoisotopic (exact) mass is 638 g/mol. The molecule has 15 atom stereocenters. The minimum absolute atomic E-state index is 0.190. The van der Waals surface area contributed by atoms with E-state index in [1.807, 2.05) is 0 Å². The molecule has 7 aliphatic rings. The summed E-state index contributed by atoms with van der Waals surface area (Å²) in [6.07, 6.45) is -18.3. The molecule has 3 aliphatic heterocycles. The molecule has 7 rings (SSSR count). The molecule has 0 unspecified atom stereocenters. The van der Waals surface area contributed by atoms with Gasteiger partial charge in [0.2, 0.25) is 0 Å². The van der Waals surface area contributed by atoms with Crippen molar-refractivity contribution in [3.05, 3.63) is 0 Å². The Kier molecular flexibility index (Phi) is 10.2. The zero-order valence-electron chi connectivity index (χ0n) is 24.1. The van der Waals surface area contributed by atoms with E-state index >= 15 is 0 Å². The van der Waals surface area contributed by atoms with Gasteiger partial charge in [0.05, 0.1) is 25.9 Å². The van der Waals surface area contributed by atoms with Gasteiger partial charge in [0, 0.05) is 0 Å². The van der Waals surface area contributed by atoms with Gasteiger partial charge in [-0.3, -0.25) is 0 Å². The average Bonchev–Trinajstić information content (AvgIpc) is 3.00. The highest BCUT2D eigenvalue weighted by molar-refractivity contribution is 5.01. The molecule has 4 aliphatic carbocycles. The number of ether oxygens (including phenoxy) is 6. The van der Waals surface area contributed by atoms with Crippen molar-refractivity contribution in [2.45, 2.75) is 130 Å². The lowest BCUT2D eigenvalue weighted by molar-refractivity contribution is -0.381. The lowest BCUT2D eigenvalue weighted by Gasteiger charge is -2.55. The van der Waals surface area contributed by atoms with Crippen LogP contribution < -0.4 is 0 Å². The average molecular weight is 639 g/mol. The number of hydrogen-bond acceptors (Lipinski definition) is 16. The Morgan fingerprint density at radius 3 is 1.48 bits per heavy atom. The number of rotatable bonds is 9. The van der Waals surface area contributed by atoms with E-state index in [0.717, 1.165) is 25.7 Å². The standard InChI is InChI=1S/C28H46O16/c29-6-13-16(31)19(34)22(37)26(40-13)39-8-15-18(33)20(35)23(38)27(42-15)44-25-21(36)17(32)14(7-30)41-28(25)43-24-11-2-9-1-10(4-11)5-12(24)3-9/h9-38H,1-8H2/t9?,10?,11?,12?,13-,14-,15-,16-,17-,18-,19+,20+,21+,22-,23-,24?,25-,26-,27+,28+/m1/s1. The molecular formula is C28H46O16. The summed E-state index contributed by atoms with van der Waals surface area (Å²) in [5.41, 5.74) is 0. The molecule has 3 saturated heterocycles. The van der Waals surface area contributed by atoms with Crippen LogP contribution in [-0.4, -0.2) is 169 Å². The fraction of sp³-hybridized carbons (Fsp3) is 1.00. The predicted octanol–water partition coefficient (Wildman–Crippen LogP) is -4.72. The van der Waals surface area contributed by atoms with Gasteiger partial charge in [-0.2, -0.15) is 0 Å². The highest BCUT2D eigenvalue weighted by Crippen LogP contribution is 2.55. The lowest BCUT2D eigenvalue weighted by atomic mass is 9.55. The van der Waals surface area contributed by atoms with E-state index in [-0.39, 0.29) is 6.10 Å². The first-order valence-electron chi connectivity index (χ1n) is 15.6. The summed E-state index contributed by atoms with van der Waals surface area (Å²) in [6.45, 7) is -1.85. The third-order valence-corrected chi connectivity index (χ3v) is 10.5. The maximum absolute atomic E-state index is 11.1. The molecule has 16 nitrogen and oxygen atoms in total. The van der Waals surface area contributed by atoms with Gasteiger partial charge in [-0.05, 0) is 55.8 Å². The Bertz CT molecular complexity index is 929. The molecule has 10 N–H and O–H groups in total. The first kappa shape index (κ1) is 33.3. The summed E-state index contributed by atoms with van der Waals surface area (Å²) in [4.78, 5) is 0. The lowest BCUT2D eigenvalue weighted by Crippen LogP contribution is -2.66. The highest BCUT2D eigenvalue weighted by atomic mass is 16.8. The molecule has 0 spiro atoms. The first-order chi connectivity index (χ1) is 21.0. The van der Waals surface area contributed by atoms with Crippen molar-refractivity contribution >= 4 is 0 Å². The van der Waals surface area contributed by atoms with E-state index in [4.69, 9.17) is 28.4 Å². The SMILES string of the molecule is OC[C@H]1O[C@@H](OC[C@H]2O[C@@H](O[C@H]3[C@H](OC4C5CC6CC(C5)CC4C6)O[C@H](CO)[C@@H](O)[C@@H]3O)[C@H](O)[C@@H](O)[C@@H]2O)[C@H](O)[C@@H](O)[C@@H]1O. The topological polar surface area (TPSA) is 258 Å². The van der Waals surface area contributed by atoms with E-state index in [2.05, 4.69) is 0 Å². The van der Waals surface area contributed by atoms with Crippen molar-refractivity contribution < 1.29 is 79.5 Å². The summed E-state index contributed by atoms with van der Waals surface area (Å²) in [5.74, 6) is 1.92. The van der Waals surface area contributed by atoms with E-state index < -0.39 is 112 Å². The molecule has 0 radical (unpaired) electrons. The number of aliphatic hydroxyl groups is 10. The van der Waals surface area contributed by atoms with Crippen molar-refractivity contribution in [3.63, 3.8) is 0 Å². The zero-order valence-corrected chi connectivity index (χ0v) is 24.1. The Balaban J connectivity index is 1.14. The highest BCUT2D eigenvalue weighted by Gasteiger charge is 2.55. The Labute approximate surface area is 253 Å². The van der Waals surface area contributed by atoms with Crippen LogP contribution in [0, 0.1) is 23.7 Å². The molecule has 0 aromatic rings. The maximum atomic E-state index is 11.1. The molecule has 0 aromatic heterocycles. The second-order valence-corrected chi connectivity index (χ2v) is 13.4. The third-order valence-electron chi connectivity index (χ3n) is 10.5. The summed E-state index contributed by atoms with van der Waals surface area (Å²) < 4.78 is 34.7. The number of hydrogen-bond donors (Lipinski definition) is 10. The molecular weight excluding hydrogens is 592 g/mol. The third kappa shape index (κ3) is 6.19. The molecule has 4 saturated carbocycles. The van der Waals surface area contributed by atoms with Crippen molar-refractivity contribution in [1.29, 1.82) is 0 Å². The number of aliphatic hydroxyl groups excluding tert-OH is 10. The second kappa shape index (κ2) is 13.5. The molecule has 7 fully saturated rings. The van der Waals surface area contributed by atoms with Crippen molar-refractivity contribution in [1.82, 2.24) is 0 Å². The van der Waals surface area contributed by atoms with Gasteiger partial charge >= 0.3 is 0 Å². The molecule has 16 heteroatoms. The van der Waals surface area contributed by atoms with E-state index in [0.29, 0.717) is 23.7 Å². The van der Waals surface area contributed by atoms with Crippen LogP contribution in [0.1, 0.15) is 32.1 Å². The fourth-order valence-corrected chi connectivity index (χ4v) is 8.28. The predicted molar refractivity (Wildman–Crippen MR) is 141 cm³/mol. The minimum Gasteiger partial charge on any atom is -0.394 e. The van der Waals surface area contributed by atoms with E-state index in [1.165, 1.54) is 6.42 Å². The van der Waals surface area contributed by atoms with E-state index in [9.17, 15) is 51.1 Å². The van der Waals surface area contributed by atoms with Crippen LogP contribution in [0.15, 0.2) is 0 Å². The van der Waals surface area contributed by atoms with Gasteiger partial charge in [-0.15, -0.1) is 0 Å². The molecule has 0 aromatic carbocycles. The van der Waals surface area contributed by atoms with Crippen molar-refractivity contribution in [2.75, 3.05) is 19.8 Å². The quantitative estimate of drug-likeness (QED) is 0.114. The van der Waals surface area contributed by atoms with Gasteiger partial charge in [-0.25, -0.2) is 0 Å². The summed E-state index contributed by atoms with van der Waals surface area (Å²) in [5, 5.41) is 103. The fourth-order valence-electron chi connectivity index (χ4n) is 8.28. The van der Waals surface area contributed by atoms with E-state index in [1.54, 1.807) is 0 Å².